The normalized spacial score (nSPS) is 13.5. The van der Waals surface area contributed by atoms with Crippen LogP contribution < -0.4 is 10.6 Å². The van der Waals surface area contributed by atoms with E-state index in [4.69, 9.17) is 0 Å². The van der Waals surface area contributed by atoms with Crippen LogP contribution in [0.15, 0.2) is 23.4 Å². The van der Waals surface area contributed by atoms with Crippen molar-refractivity contribution in [2.75, 3.05) is 16.9 Å². The second-order valence-electron chi connectivity index (χ2n) is 7.59. The van der Waals surface area contributed by atoms with E-state index in [1.807, 2.05) is 39.2 Å². The van der Waals surface area contributed by atoms with E-state index < -0.39 is 0 Å². The molecule has 1 fully saturated rings. The molecule has 156 valence electrons. The number of amides is 2. The van der Waals surface area contributed by atoms with Gasteiger partial charge in [0.2, 0.25) is 17.0 Å². The Morgan fingerprint density at radius 2 is 1.93 bits per heavy atom. The lowest BCUT2D eigenvalue weighted by Crippen LogP contribution is -2.19. The smallest absolute Gasteiger partial charge is 0.253 e. The molecule has 0 radical (unpaired) electrons. The van der Waals surface area contributed by atoms with Gasteiger partial charge in [0.1, 0.15) is 0 Å². The van der Waals surface area contributed by atoms with Gasteiger partial charge in [-0.15, -0.1) is 5.10 Å². The highest BCUT2D eigenvalue weighted by molar-refractivity contribution is 7.98. The van der Waals surface area contributed by atoms with Crippen molar-refractivity contribution in [3.8, 4) is 0 Å². The molecule has 0 spiro atoms. The molecule has 9 heteroatoms. The minimum absolute atomic E-state index is 0.0409. The molecule has 0 saturated heterocycles. The molecule has 0 aliphatic heterocycles. The zero-order valence-electron chi connectivity index (χ0n) is 17.4. The number of anilines is 2. The zero-order chi connectivity index (χ0) is 21.4. The average molecular weight is 425 g/mol. The minimum atomic E-state index is -0.152. The standard InChI is InChI=1S/C21H24N6O2S/c1-11-5-8-15(23-19(29)14-6-7-14)9-17(11)24-18(28)10-16-12(2)22-20-25-21(30-4)26-27(20)13(16)3/h5,8-9,14H,6-7,10H2,1-4H3,(H,23,29)(H,24,28). The summed E-state index contributed by atoms with van der Waals surface area (Å²) in [5, 5.41) is 11.0. The largest absolute Gasteiger partial charge is 0.326 e. The maximum absolute atomic E-state index is 12.8. The first-order chi connectivity index (χ1) is 14.4. The Balaban J connectivity index is 1.52. The minimum Gasteiger partial charge on any atom is -0.326 e. The van der Waals surface area contributed by atoms with Gasteiger partial charge >= 0.3 is 0 Å². The third-order valence-electron chi connectivity index (χ3n) is 5.28. The average Bonchev–Trinajstić information content (AvgIpc) is 3.48. The molecule has 2 amide bonds. The summed E-state index contributed by atoms with van der Waals surface area (Å²) in [5.74, 6) is 0.551. The monoisotopic (exact) mass is 424 g/mol. The van der Waals surface area contributed by atoms with Crippen LogP contribution >= 0.6 is 11.8 Å². The number of rotatable bonds is 6. The summed E-state index contributed by atoms with van der Waals surface area (Å²) in [6, 6.07) is 5.55. The van der Waals surface area contributed by atoms with Gasteiger partial charge in [-0.3, -0.25) is 9.59 Å². The van der Waals surface area contributed by atoms with Gasteiger partial charge in [0.15, 0.2) is 0 Å². The first kappa shape index (κ1) is 20.3. The summed E-state index contributed by atoms with van der Waals surface area (Å²) < 4.78 is 1.68. The topological polar surface area (TPSA) is 101 Å². The Morgan fingerprint density at radius 1 is 1.17 bits per heavy atom. The molecule has 8 nitrogen and oxygen atoms in total. The van der Waals surface area contributed by atoms with Gasteiger partial charge in [0.25, 0.3) is 5.78 Å². The Hall–Kier alpha value is -2.94. The highest BCUT2D eigenvalue weighted by atomic mass is 32.2. The van der Waals surface area contributed by atoms with E-state index in [1.165, 1.54) is 11.8 Å². The number of aryl methyl sites for hydroxylation is 3. The molecule has 30 heavy (non-hydrogen) atoms. The van der Waals surface area contributed by atoms with Crippen LogP contribution in [-0.2, 0) is 16.0 Å². The van der Waals surface area contributed by atoms with E-state index in [9.17, 15) is 9.59 Å². The number of hydrogen-bond acceptors (Lipinski definition) is 6. The van der Waals surface area contributed by atoms with E-state index in [0.29, 0.717) is 22.3 Å². The second-order valence-corrected chi connectivity index (χ2v) is 8.36. The maximum Gasteiger partial charge on any atom is 0.253 e. The van der Waals surface area contributed by atoms with Gasteiger partial charge < -0.3 is 10.6 Å². The van der Waals surface area contributed by atoms with E-state index >= 15 is 0 Å². The first-order valence-corrected chi connectivity index (χ1v) is 11.1. The number of carbonyl (C=O) groups is 2. The molecule has 4 rings (SSSR count). The molecule has 0 unspecified atom stereocenters. The predicted molar refractivity (Wildman–Crippen MR) is 117 cm³/mol. The van der Waals surface area contributed by atoms with Crippen molar-refractivity contribution in [3.63, 3.8) is 0 Å². The molecule has 2 heterocycles. The van der Waals surface area contributed by atoms with E-state index in [-0.39, 0.29) is 24.2 Å². The first-order valence-electron chi connectivity index (χ1n) is 9.84. The van der Waals surface area contributed by atoms with Crippen molar-refractivity contribution in [2.45, 2.75) is 45.2 Å². The second kappa shape index (κ2) is 8.06. The molecule has 1 aliphatic rings. The highest BCUT2D eigenvalue weighted by Crippen LogP contribution is 2.31. The van der Waals surface area contributed by atoms with Crippen molar-refractivity contribution < 1.29 is 9.59 Å². The van der Waals surface area contributed by atoms with Crippen molar-refractivity contribution in [2.24, 2.45) is 5.92 Å². The number of nitrogens with zero attached hydrogens (tertiary/aromatic N) is 4. The molecule has 2 N–H and O–H groups in total. The molecule has 1 saturated carbocycles. The predicted octanol–water partition coefficient (Wildman–Crippen LogP) is 3.30. The molecule has 1 aliphatic carbocycles. The summed E-state index contributed by atoms with van der Waals surface area (Å²) in [7, 11) is 0. The van der Waals surface area contributed by atoms with Crippen molar-refractivity contribution >= 4 is 40.7 Å². The van der Waals surface area contributed by atoms with E-state index in [2.05, 4.69) is 25.7 Å². The molecule has 3 aromatic rings. The van der Waals surface area contributed by atoms with Gasteiger partial charge in [0.05, 0.1) is 6.42 Å². The van der Waals surface area contributed by atoms with E-state index in [1.54, 1.807) is 10.6 Å². The lowest BCUT2D eigenvalue weighted by Gasteiger charge is -2.13. The molecular weight excluding hydrogens is 400 g/mol. The van der Waals surface area contributed by atoms with Crippen LogP contribution in [-0.4, -0.2) is 37.7 Å². The van der Waals surface area contributed by atoms with Gasteiger partial charge in [-0.25, -0.2) is 9.50 Å². The van der Waals surface area contributed by atoms with Gasteiger partial charge in [-0.2, -0.15) is 4.98 Å². The summed E-state index contributed by atoms with van der Waals surface area (Å²) in [5.41, 5.74) is 4.74. The fourth-order valence-corrected chi connectivity index (χ4v) is 3.65. The Labute approximate surface area is 178 Å². The van der Waals surface area contributed by atoms with Crippen LogP contribution in [0, 0.1) is 26.7 Å². The molecular formula is C21H24N6O2S. The number of benzene rings is 1. The summed E-state index contributed by atoms with van der Waals surface area (Å²) >= 11 is 1.45. The number of hydrogen-bond donors (Lipinski definition) is 2. The van der Waals surface area contributed by atoms with Gasteiger partial charge in [-0.1, -0.05) is 17.8 Å². The quantitative estimate of drug-likeness (QED) is 0.589. The van der Waals surface area contributed by atoms with Crippen molar-refractivity contribution in [3.05, 3.63) is 40.7 Å². The van der Waals surface area contributed by atoms with Crippen LogP contribution in [0.3, 0.4) is 0 Å². The number of thioether (sulfide) groups is 1. The number of nitrogens with one attached hydrogen (secondary N) is 2. The number of aromatic nitrogens is 4. The Morgan fingerprint density at radius 3 is 2.63 bits per heavy atom. The van der Waals surface area contributed by atoms with E-state index in [0.717, 1.165) is 35.4 Å². The highest BCUT2D eigenvalue weighted by Gasteiger charge is 2.29. The zero-order valence-corrected chi connectivity index (χ0v) is 18.3. The fourth-order valence-electron chi connectivity index (χ4n) is 3.31. The molecule has 1 aromatic carbocycles. The van der Waals surface area contributed by atoms with Crippen LogP contribution in [0.4, 0.5) is 11.4 Å². The molecule has 2 aromatic heterocycles. The summed E-state index contributed by atoms with van der Waals surface area (Å²) in [6.45, 7) is 5.72. The third kappa shape index (κ3) is 4.16. The number of fused-ring (bicyclic) bond motifs is 1. The Bertz CT molecular complexity index is 1150. The fraction of sp³-hybridized carbons (Fsp3) is 0.381. The van der Waals surface area contributed by atoms with Crippen LogP contribution in [0.5, 0.6) is 0 Å². The summed E-state index contributed by atoms with van der Waals surface area (Å²) in [6.07, 6.45) is 3.98. The molecule has 0 bridgehead atoms. The lowest BCUT2D eigenvalue weighted by molar-refractivity contribution is -0.117. The van der Waals surface area contributed by atoms with Crippen molar-refractivity contribution in [1.29, 1.82) is 0 Å². The van der Waals surface area contributed by atoms with Crippen LogP contribution in [0.25, 0.3) is 5.78 Å². The van der Waals surface area contributed by atoms with Crippen molar-refractivity contribution in [1.82, 2.24) is 19.6 Å². The molecule has 0 atom stereocenters. The number of carbonyl (C=O) groups excluding carboxylic acids is 2. The van der Waals surface area contributed by atoms with Gasteiger partial charge in [-0.05, 0) is 57.6 Å². The van der Waals surface area contributed by atoms with Crippen LogP contribution in [0.2, 0.25) is 0 Å². The van der Waals surface area contributed by atoms with Crippen LogP contribution in [0.1, 0.15) is 35.4 Å². The summed E-state index contributed by atoms with van der Waals surface area (Å²) in [4.78, 5) is 33.7. The maximum atomic E-state index is 12.8. The van der Waals surface area contributed by atoms with Gasteiger partial charge in [0, 0.05) is 34.2 Å². The lowest BCUT2D eigenvalue weighted by atomic mass is 10.1. The third-order valence-corrected chi connectivity index (χ3v) is 5.81. The Kier molecular flexibility index (Phi) is 5.46. The SMILES string of the molecule is CSc1nc2nc(C)c(CC(=O)Nc3cc(NC(=O)C4CC4)ccc3C)c(C)n2n1.